The van der Waals surface area contributed by atoms with Crippen LogP contribution in [0, 0.1) is 5.92 Å². The van der Waals surface area contributed by atoms with Crippen molar-refractivity contribution in [2.24, 2.45) is 5.92 Å². The molecule has 0 saturated heterocycles. The maximum Gasteiger partial charge on any atom is 0.408 e. The number of nitrogens with zero attached hydrogens (tertiary/aromatic N) is 1. The van der Waals surface area contributed by atoms with Crippen LogP contribution in [0.1, 0.15) is 59.3 Å². The second kappa shape index (κ2) is 9.87. The van der Waals surface area contributed by atoms with Crippen LogP contribution in [0.15, 0.2) is 0 Å². The van der Waals surface area contributed by atoms with E-state index in [4.69, 9.17) is 4.74 Å². The Bertz CT molecular complexity index is 399. The highest BCUT2D eigenvalue weighted by atomic mass is 16.6. The normalized spacial score (nSPS) is 17.4. The third-order valence-corrected chi connectivity index (χ3v) is 4.16. The molecule has 0 aliphatic heterocycles. The predicted octanol–water partition coefficient (Wildman–Crippen LogP) is 2.53. The first-order valence-electron chi connectivity index (χ1n) is 9.09. The first-order valence-corrected chi connectivity index (χ1v) is 9.09. The molecule has 0 aromatic heterocycles. The minimum Gasteiger partial charge on any atom is -0.444 e. The lowest BCUT2D eigenvalue weighted by Crippen LogP contribution is -2.50. The van der Waals surface area contributed by atoms with Crippen LogP contribution >= 0.6 is 0 Å². The third kappa shape index (κ3) is 9.11. The minimum absolute atomic E-state index is 0.117. The second-order valence-corrected chi connectivity index (χ2v) is 8.03. The van der Waals surface area contributed by atoms with Crippen LogP contribution < -0.4 is 10.6 Å². The molecule has 2 amide bonds. The highest BCUT2D eigenvalue weighted by Crippen LogP contribution is 2.27. The molecule has 1 saturated carbocycles. The van der Waals surface area contributed by atoms with Gasteiger partial charge in [-0.3, -0.25) is 4.79 Å². The number of carbonyl (C=O) groups excluding carboxylic acids is 2. The highest BCUT2D eigenvalue weighted by molar-refractivity contribution is 5.85. The zero-order chi connectivity index (χ0) is 18.2. The van der Waals surface area contributed by atoms with E-state index >= 15 is 0 Å². The van der Waals surface area contributed by atoms with Gasteiger partial charge in [0.2, 0.25) is 5.91 Å². The molecule has 1 fully saturated rings. The fraction of sp³-hybridized carbons (Fsp3) is 0.889. The van der Waals surface area contributed by atoms with Gasteiger partial charge in [0, 0.05) is 13.1 Å². The monoisotopic (exact) mass is 341 g/mol. The molecule has 2 N–H and O–H groups in total. The summed E-state index contributed by atoms with van der Waals surface area (Å²) in [6.45, 7) is 6.80. The summed E-state index contributed by atoms with van der Waals surface area (Å²) in [4.78, 5) is 26.6. The highest BCUT2D eigenvalue weighted by Gasteiger charge is 2.27. The fourth-order valence-electron chi connectivity index (χ4n) is 2.96. The van der Waals surface area contributed by atoms with Crippen LogP contribution in [-0.4, -0.2) is 55.7 Å². The van der Waals surface area contributed by atoms with Gasteiger partial charge < -0.3 is 20.3 Å². The van der Waals surface area contributed by atoms with E-state index in [0.29, 0.717) is 18.9 Å². The zero-order valence-corrected chi connectivity index (χ0v) is 16.0. The van der Waals surface area contributed by atoms with Crippen molar-refractivity contribution in [3.05, 3.63) is 0 Å². The molecule has 1 aliphatic carbocycles. The Morgan fingerprint density at radius 3 is 2.33 bits per heavy atom. The molecule has 24 heavy (non-hydrogen) atoms. The van der Waals surface area contributed by atoms with Crippen molar-refractivity contribution < 1.29 is 14.3 Å². The zero-order valence-electron chi connectivity index (χ0n) is 16.0. The fourth-order valence-corrected chi connectivity index (χ4v) is 2.96. The summed E-state index contributed by atoms with van der Waals surface area (Å²) in [5.41, 5.74) is -0.569. The van der Waals surface area contributed by atoms with E-state index in [2.05, 4.69) is 10.6 Å². The molecule has 6 heteroatoms. The van der Waals surface area contributed by atoms with Gasteiger partial charge in [0.25, 0.3) is 0 Å². The van der Waals surface area contributed by atoms with Gasteiger partial charge in [-0.15, -0.1) is 0 Å². The number of carbonyl (C=O) groups is 2. The van der Waals surface area contributed by atoms with E-state index < -0.39 is 17.7 Å². The molecule has 0 heterocycles. The molecule has 0 bridgehead atoms. The molecule has 0 aromatic rings. The maximum absolute atomic E-state index is 12.5. The van der Waals surface area contributed by atoms with Gasteiger partial charge >= 0.3 is 6.09 Å². The van der Waals surface area contributed by atoms with Crippen molar-refractivity contribution in [2.45, 2.75) is 70.9 Å². The van der Waals surface area contributed by atoms with Crippen molar-refractivity contribution in [1.82, 2.24) is 15.5 Å². The summed E-state index contributed by atoms with van der Waals surface area (Å²) in [7, 11) is 3.93. The topological polar surface area (TPSA) is 70.7 Å². The maximum atomic E-state index is 12.5. The molecular formula is C18H35N3O3. The lowest BCUT2D eigenvalue weighted by Gasteiger charge is -2.28. The Morgan fingerprint density at radius 1 is 1.17 bits per heavy atom. The van der Waals surface area contributed by atoms with Crippen LogP contribution in [-0.2, 0) is 9.53 Å². The lowest BCUT2D eigenvalue weighted by molar-refractivity contribution is -0.123. The van der Waals surface area contributed by atoms with E-state index in [1.54, 1.807) is 0 Å². The van der Waals surface area contributed by atoms with E-state index in [1.807, 2.05) is 39.8 Å². The smallest absolute Gasteiger partial charge is 0.408 e. The molecular weight excluding hydrogens is 306 g/mol. The third-order valence-electron chi connectivity index (χ3n) is 4.16. The molecule has 0 radical (unpaired) electrons. The number of ether oxygens (including phenoxy) is 1. The quantitative estimate of drug-likeness (QED) is 0.746. The number of alkyl carbamates (subject to hydrolysis) is 1. The molecule has 0 spiro atoms. The predicted molar refractivity (Wildman–Crippen MR) is 95.9 cm³/mol. The first kappa shape index (κ1) is 20.7. The number of hydrogen-bond acceptors (Lipinski definition) is 4. The molecule has 140 valence electrons. The molecule has 0 aromatic carbocycles. The number of likely N-dealkylation sites (N-methyl/N-ethyl adjacent to an activating group) is 1. The summed E-state index contributed by atoms with van der Waals surface area (Å²) >= 11 is 0. The summed E-state index contributed by atoms with van der Waals surface area (Å²) in [5, 5.41) is 5.69. The van der Waals surface area contributed by atoms with Crippen LogP contribution in [0.5, 0.6) is 0 Å². The Labute approximate surface area is 146 Å². The number of rotatable bonds is 7. The summed E-state index contributed by atoms with van der Waals surface area (Å²) in [5.74, 6) is 0.381. The molecule has 1 atom stereocenters. The van der Waals surface area contributed by atoms with Crippen LogP contribution in [0.2, 0.25) is 0 Å². The van der Waals surface area contributed by atoms with Crippen LogP contribution in [0.4, 0.5) is 4.79 Å². The summed E-state index contributed by atoms with van der Waals surface area (Å²) < 4.78 is 5.31. The van der Waals surface area contributed by atoms with Crippen molar-refractivity contribution >= 4 is 12.0 Å². The van der Waals surface area contributed by atoms with E-state index in [1.165, 1.54) is 19.3 Å². The molecule has 1 aliphatic rings. The molecule has 0 unspecified atom stereocenters. The van der Waals surface area contributed by atoms with Crippen molar-refractivity contribution in [2.75, 3.05) is 27.2 Å². The lowest BCUT2D eigenvalue weighted by atomic mass is 9.84. The SMILES string of the molecule is CN(C)CCNC(=O)[C@H](CC1CCCCC1)NC(=O)OC(C)(C)C. The average Bonchev–Trinajstić information content (AvgIpc) is 2.45. The van der Waals surface area contributed by atoms with Gasteiger partial charge in [-0.25, -0.2) is 4.79 Å². The van der Waals surface area contributed by atoms with Crippen molar-refractivity contribution in [1.29, 1.82) is 0 Å². The average molecular weight is 341 g/mol. The summed E-state index contributed by atoms with van der Waals surface area (Å²) in [6.07, 6.45) is 6.14. The van der Waals surface area contributed by atoms with Crippen LogP contribution in [0.3, 0.4) is 0 Å². The Hall–Kier alpha value is -1.30. The number of amides is 2. The Morgan fingerprint density at radius 2 is 1.79 bits per heavy atom. The largest absolute Gasteiger partial charge is 0.444 e. The standard InChI is InChI=1S/C18H35N3O3/c1-18(2,3)24-17(23)20-15(13-14-9-7-6-8-10-14)16(22)19-11-12-21(4)5/h14-15H,6-13H2,1-5H3,(H,19,22)(H,20,23)/t15-/m0/s1. The number of hydrogen-bond donors (Lipinski definition) is 2. The van der Waals surface area contributed by atoms with Gasteiger partial charge in [-0.05, 0) is 47.2 Å². The van der Waals surface area contributed by atoms with Gasteiger partial charge in [-0.1, -0.05) is 32.1 Å². The van der Waals surface area contributed by atoms with Gasteiger partial charge in [0.05, 0.1) is 0 Å². The minimum atomic E-state index is -0.569. The Balaban J connectivity index is 2.59. The van der Waals surface area contributed by atoms with E-state index in [9.17, 15) is 9.59 Å². The number of nitrogens with one attached hydrogen (secondary N) is 2. The Kier molecular flexibility index (Phi) is 8.53. The molecule has 1 rings (SSSR count). The van der Waals surface area contributed by atoms with Gasteiger partial charge in [-0.2, -0.15) is 0 Å². The van der Waals surface area contributed by atoms with Crippen molar-refractivity contribution in [3.63, 3.8) is 0 Å². The molecule has 6 nitrogen and oxygen atoms in total. The van der Waals surface area contributed by atoms with E-state index in [0.717, 1.165) is 19.4 Å². The van der Waals surface area contributed by atoms with Crippen molar-refractivity contribution in [3.8, 4) is 0 Å². The van der Waals surface area contributed by atoms with E-state index in [-0.39, 0.29) is 5.91 Å². The first-order chi connectivity index (χ1) is 11.2. The van der Waals surface area contributed by atoms with Gasteiger partial charge in [0.1, 0.15) is 11.6 Å². The second-order valence-electron chi connectivity index (χ2n) is 8.03. The van der Waals surface area contributed by atoms with Crippen LogP contribution in [0.25, 0.3) is 0 Å². The summed E-state index contributed by atoms with van der Waals surface area (Å²) in [6, 6.07) is -0.523. The van der Waals surface area contributed by atoms with Gasteiger partial charge in [0.15, 0.2) is 0 Å².